The Morgan fingerprint density at radius 1 is 1.03 bits per heavy atom. The lowest BCUT2D eigenvalue weighted by molar-refractivity contribution is -0.134. The van der Waals surface area contributed by atoms with Crippen LogP contribution in [0.5, 0.6) is 5.75 Å². The van der Waals surface area contributed by atoms with E-state index in [9.17, 15) is 9.59 Å². The lowest BCUT2D eigenvalue weighted by Gasteiger charge is -2.36. The molecule has 1 aromatic carbocycles. The molecule has 2 aliphatic heterocycles. The van der Waals surface area contributed by atoms with Gasteiger partial charge in [0.05, 0.1) is 20.2 Å². The van der Waals surface area contributed by atoms with Crippen LogP contribution in [0.3, 0.4) is 0 Å². The number of ether oxygens (including phenoxy) is 1. The van der Waals surface area contributed by atoms with Gasteiger partial charge in [0.15, 0.2) is 0 Å². The van der Waals surface area contributed by atoms with Crippen LogP contribution in [0.1, 0.15) is 45.2 Å². The van der Waals surface area contributed by atoms with Crippen LogP contribution < -0.4 is 10.1 Å². The van der Waals surface area contributed by atoms with Gasteiger partial charge in [0.1, 0.15) is 5.75 Å². The highest BCUT2D eigenvalue weighted by Crippen LogP contribution is 2.32. The molecule has 0 aliphatic carbocycles. The van der Waals surface area contributed by atoms with Gasteiger partial charge in [-0.3, -0.25) is 19.4 Å². The van der Waals surface area contributed by atoms with E-state index in [4.69, 9.17) is 4.74 Å². The number of nitrogens with zero attached hydrogens (tertiary/aromatic N) is 3. The molecule has 0 saturated carbocycles. The molecule has 1 unspecified atom stereocenters. The number of benzene rings is 1. The van der Waals surface area contributed by atoms with Crippen molar-refractivity contribution in [1.82, 2.24) is 20.0 Å². The van der Waals surface area contributed by atoms with Crippen molar-refractivity contribution in [3.05, 3.63) is 29.8 Å². The minimum absolute atomic E-state index is 0.0432. The summed E-state index contributed by atoms with van der Waals surface area (Å²) in [6.45, 7) is 10.6. The fourth-order valence-corrected chi connectivity index (χ4v) is 4.31. The van der Waals surface area contributed by atoms with Crippen LogP contribution in [0, 0.1) is 0 Å². The molecule has 0 aromatic heterocycles. The number of piperazine rings is 1. The molecular weight excluding hydrogens is 380 g/mol. The number of carbonyl (C=O) groups is 2. The summed E-state index contributed by atoms with van der Waals surface area (Å²) in [5, 5.41) is 3.00. The van der Waals surface area contributed by atoms with E-state index < -0.39 is 0 Å². The average molecular weight is 417 g/mol. The molecule has 1 aromatic rings. The minimum atomic E-state index is -0.217. The highest BCUT2D eigenvalue weighted by molar-refractivity contribution is 5.79. The monoisotopic (exact) mass is 416 g/mol. The molecule has 0 spiro atoms. The molecule has 7 nitrogen and oxygen atoms in total. The van der Waals surface area contributed by atoms with E-state index in [1.807, 2.05) is 37.8 Å². The fourth-order valence-electron chi connectivity index (χ4n) is 4.31. The van der Waals surface area contributed by atoms with E-state index in [0.717, 1.165) is 38.2 Å². The summed E-state index contributed by atoms with van der Waals surface area (Å²) in [6.07, 6.45) is 2.19. The lowest BCUT2D eigenvalue weighted by atomic mass is 10.0. The zero-order valence-corrected chi connectivity index (χ0v) is 18.8. The third-order valence-electron chi connectivity index (χ3n) is 5.81. The van der Waals surface area contributed by atoms with E-state index in [0.29, 0.717) is 32.2 Å². The SMILES string of the molecule is COc1ccc(C2CCCN2CC(=O)N2CCN(CC(=O)NC(C)(C)C)CC2)cc1. The van der Waals surface area contributed by atoms with E-state index >= 15 is 0 Å². The zero-order chi connectivity index (χ0) is 21.7. The molecule has 2 aliphatic rings. The van der Waals surface area contributed by atoms with Crippen molar-refractivity contribution in [3.63, 3.8) is 0 Å². The van der Waals surface area contributed by atoms with Gasteiger partial charge in [0.2, 0.25) is 11.8 Å². The quantitative estimate of drug-likeness (QED) is 0.767. The maximum atomic E-state index is 12.9. The van der Waals surface area contributed by atoms with Crippen LogP contribution in [-0.2, 0) is 9.59 Å². The van der Waals surface area contributed by atoms with Gasteiger partial charge in [0.25, 0.3) is 0 Å². The minimum Gasteiger partial charge on any atom is -0.497 e. The first-order valence-corrected chi connectivity index (χ1v) is 10.9. The number of likely N-dealkylation sites (tertiary alicyclic amines) is 1. The van der Waals surface area contributed by atoms with E-state index in [-0.39, 0.29) is 17.4 Å². The van der Waals surface area contributed by atoms with Gasteiger partial charge in [-0.15, -0.1) is 0 Å². The summed E-state index contributed by atoms with van der Waals surface area (Å²) in [4.78, 5) is 31.4. The predicted octanol–water partition coefficient (Wildman–Crippen LogP) is 1.89. The van der Waals surface area contributed by atoms with Crippen molar-refractivity contribution in [2.45, 2.75) is 45.2 Å². The lowest BCUT2D eigenvalue weighted by Crippen LogP contribution is -2.54. The van der Waals surface area contributed by atoms with E-state index in [1.54, 1.807) is 7.11 Å². The Bertz CT molecular complexity index is 721. The standard InChI is InChI=1S/C23H36N4O3/c1-23(2,3)24-21(28)16-25-12-14-26(15-13-25)22(29)17-27-11-5-6-20(27)18-7-9-19(30-4)10-8-18/h7-10,20H,5-6,11-17H2,1-4H3,(H,24,28). The van der Waals surface area contributed by atoms with Crippen LogP contribution in [0.15, 0.2) is 24.3 Å². The molecule has 2 amide bonds. The van der Waals surface area contributed by atoms with Gasteiger partial charge >= 0.3 is 0 Å². The summed E-state index contributed by atoms with van der Waals surface area (Å²) in [5.41, 5.74) is 1.03. The Balaban J connectivity index is 1.47. The molecule has 1 atom stereocenters. The summed E-state index contributed by atoms with van der Waals surface area (Å²) >= 11 is 0. The normalized spacial score (nSPS) is 20.9. The van der Waals surface area contributed by atoms with Crippen LogP contribution in [0.4, 0.5) is 0 Å². The van der Waals surface area contributed by atoms with Gasteiger partial charge in [-0.1, -0.05) is 12.1 Å². The highest BCUT2D eigenvalue weighted by atomic mass is 16.5. The molecule has 3 rings (SSSR count). The number of hydrogen-bond donors (Lipinski definition) is 1. The number of methoxy groups -OCH3 is 1. The second-order valence-electron chi connectivity index (χ2n) is 9.36. The number of amides is 2. The summed E-state index contributed by atoms with van der Waals surface area (Å²) in [5.74, 6) is 1.09. The molecule has 1 N–H and O–H groups in total. The molecular formula is C23H36N4O3. The molecule has 2 fully saturated rings. The first kappa shape index (κ1) is 22.6. The van der Waals surface area contributed by atoms with Crippen molar-refractivity contribution in [3.8, 4) is 5.75 Å². The number of carbonyl (C=O) groups excluding carboxylic acids is 2. The molecule has 30 heavy (non-hydrogen) atoms. The van der Waals surface area contributed by atoms with Crippen molar-refractivity contribution >= 4 is 11.8 Å². The second-order valence-corrected chi connectivity index (χ2v) is 9.36. The smallest absolute Gasteiger partial charge is 0.236 e. The molecule has 0 bridgehead atoms. The largest absolute Gasteiger partial charge is 0.497 e. The van der Waals surface area contributed by atoms with Crippen molar-refractivity contribution in [2.24, 2.45) is 0 Å². The Morgan fingerprint density at radius 2 is 1.70 bits per heavy atom. The Morgan fingerprint density at radius 3 is 2.30 bits per heavy atom. The Labute approximate surface area is 180 Å². The topological polar surface area (TPSA) is 65.1 Å². The Hall–Kier alpha value is -2.12. The van der Waals surface area contributed by atoms with Crippen molar-refractivity contribution in [1.29, 1.82) is 0 Å². The molecule has 7 heteroatoms. The van der Waals surface area contributed by atoms with Crippen LogP contribution in [-0.4, -0.2) is 85.0 Å². The molecule has 166 valence electrons. The van der Waals surface area contributed by atoms with Crippen LogP contribution in [0.25, 0.3) is 0 Å². The van der Waals surface area contributed by atoms with Gasteiger partial charge in [0, 0.05) is 37.8 Å². The Kier molecular flexibility index (Phi) is 7.36. The van der Waals surface area contributed by atoms with Crippen LogP contribution >= 0.6 is 0 Å². The van der Waals surface area contributed by atoms with E-state index in [1.165, 1.54) is 5.56 Å². The van der Waals surface area contributed by atoms with Gasteiger partial charge in [-0.2, -0.15) is 0 Å². The average Bonchev–Trinajstić information content (AvgIpc) is 3.15. The zero-order valence-electron chi connectivity index (χ0n) is 18.8. The van der Waals surface area contributed by atoms with Gasteiger partial charge < -0.3 is 15.0 Å². The highest BCUT2D eigenvalue weighted by Gasteiger charge is 2.30. The van der Waals surface area contributed by atoms with Gasteiger partial charge in [-0.05, 0) is 57.9 Å². The summed E-state index contributed by atoms with van der Waals surface area (Å²) in [6, 6.07) is 8.48. The molecule has 2 saturated heterocycles. The number of rotatable bonds is 6. The van der Waals surface area contributed by atoms with E-state index in [2.05, 4.69) is 27.2 Å². The van der Waals surface area contributed by atoms with Gasteiger partial charge in [-0.25, -0.2) is 0 Å². The number of hydrogen-bond acceptors (Lipinski definition) is 5. The maximum Gasteiger partial charge on any atom is 0.236 e. The third kappa shape index (κ3) is 6.19. The van der Waals surface area contributed by atoms with Crippen molar-refractivity contribution < 1.29 is 14.3 Å². The predicted molar refractivity (Wildman–Crippen MR) is 117 cm³/mol. The van der Waals surface area contributed by atoms with Crippen LogP contribution in [0.2, 0.25) is 0 Å². The third-order valence-corrected chi connectivity index (χ3v) is 5.81. The summed E-state index contributed by atoms with van der Waals surface area (Å²) in [7, 11) is 1.67. The maximum absolute atomic E-state index is 12.9. The van der Waals surface area contributed by atoms with Crippen molar-refractivity contribution in [2.75, 3.05) is 52.9 Å². The fraction of sp³-hybridized carbons (Fsp3) is 0.652. The number of nitrogens with one attached hydrogen (secondary N) is 1. The summed E-state index contributed by atoms with van der Waals surface area (Å²) < 4.78 is 5.26. The first-order chi connectivity index (χ1) is 14.2. The first-order valence-electron chi connectivity index (χ1n) is 10.9. The second kappa shape index (κ2) is 9.79. The molecule has 2 heterocycles. The molecule has 0 radical (unpaired) electrons.